The maximum Gasteiger partial charge on any atom is 0.416 e. The Labute approximate surface area is 246 Å². The number of nitriles is 1. The number of anilines is 1. The summed E-state index contributed by atoms with van der Waals surface area (Å²) in [7, 11) is 0. The second-order valence-electron chi connectivity index (χ2n) is 10.3. The van der Waals surface area contributed by atoms with Gasteiger partial charge in [0.25, 0.3) is 5.91 Å². The van der Waals surface area contributed by atoms with E-state index in [0.717, 1.165) is 31.2 Å². The van der Waals surface area contributed by atoms with Crippen LogP contribution < -0.4 is 25.0 Å². The number of ether oxygens (including phenoxy) is 2. The van der Waals surface area contributed by atoms with Gasteiger partial charge in [0, 0.05) is 38.2 Å². The standard InChI is InChI=1S/C30H31F3N6O4/c1-2-42-29-22(4-3-11-36-29)23-6-7-24(27(38-23)28(41)37-20-9-12-35-17-20)39-13-10-21(15-26(39)40)43-25-8-5-19(30(31,32)33)14-18(25)16-34/h3-8,11,14,20-21,26,35,40H,2,9-10,12-13,15,17H2,1H3,(H,37,41)/t20-,21-,26-/m1/s1. The van der Waals surface area contributed by atoms with Gasteiger partial charge in [0.1, 0.15) is 24.2 Å². The second-order valence-corrected chi connectivity index (χ2v) is 10.3. The number of aliphatic hydroxyl groups excluding tert-OH is 1. The lowest BCUT2D eigenvalue weighted by Gasteiger charge is -2.38. The quantitative estimate of drug-likeness (QED) is 0.354. The number of aromatic nitrogens is 2. The van der Waals surface area contributed by atoms with Crippen LogP contribution >= 0.6 is 0 Å². The van der Waals surface area contributed by atoms with Crippen LogP contribution in [0.3, 0.4) is 0 Å². The average molecular weight is 597 g/mol. The van der Waals surface area contributed by atoms with E-state index in [-0.39, 0.29) is 41.9 Å². The number of halogens is 3. The van der Waals surface area contributed by atoms with Crippen LogP contribution in [0.15, 0.2) is 48.7 Å². The highest BCUT2D eigenvalue weighted by Gasteiger charge is 2.34. The van der Waals surface area contributed by atoms with E-state index in [9.17, 15) is 28.3 Å². The number of rotatable bonds is 8. The molecule has 3 aromatic rings. The Morgan fingerprint density at radius 3 is 2.79 bits per heavy atom. The van der Waals surface area contributed by atoms with E-state index in [1.54, 1.807) is 41.4 Å². The predicted octanol–water partition coefficient (Wildman–Crippen LogP) is 3.89. The molecule has 0 saturated carbocycles. The summed E-state index contributed by atoms with van der Waals surface area (Å²) in [6, 6.07) is 11.4. The van der Waals surface area contributed by atoms with Crippen molar-refractivity contribution in [3.8, 4) is 29.0 Å². The third-order valence-corrected chi connectivity index (χ3v) is 7.37. The number of hydrogen-bond acceptors (Lipinski definition) is 9. The molecule has 2 fully saturated rings. The van der Waals surface area contributed by atoms with Gasteiger partial charge >= 0.3 is 6.18 Å². The maximum atomic E-state index is 13.5. The monoisotopic (exact) mass is 596 g/mol. The van der Waals surface area contributed by atoms with Crippen molar-refractivity contribution in [2.24, 2.45) is 0 Å². The van der Waals surface area contributed by atoms with E-state index < -0.39 is 24.1 Å². The van der Waals surface area contributed by atoms with Gasteiger partial charge in [0.05, 0.1) is 34.7 Å². The summed E-state index contributed by atoms with van der Waals surface area (Å²) in [5.41, 5.74) is 0.463. The molecule has 10 nitrogen and oxygen atoms in total. The molecule has 5 rings (SSSR count). The average Bonchev–Trinajstić information content (AvgIpc) is 3.50. The van der Waals surface area contributed by atoms with Gasteiger partial charge in [-0.3, -0.25) is 4.79 Å². The normalized spacial score (nSPS) is 20.4. The summed E-state index contributed by atoms with van der Waals surface area (Å²) in [6.45, 7) is 3.93. The van der Waals surface area contributed by atoms with E-state index in [1.165, 1.54) is 0 Å². The minimum Gasteiger partial charge on any atom is -0.489 e. The van der Waals surface area contributed by atoms with Crippen molar-refractivity contribution < 1.29 is 32.5 Å². The molecule has 2 aliphatic rings. The van der Waals surface area contributed by atoms with Crippen molar-refractivity contribution in [2.75, 3.05) is 31.1 Å². The molecule has 2 saturated heterocycles. The van der Waals surface area contributed by atoms with E-state index >= 15 is 0 Å². The first kappa shape index (κ1) is 30.1. The molecule has 3 N–H and O–H groups in total. The molecule has 226 valence electrons. The van der Waals surface area contributed by atoms with Crippen molar-refractivity contribution in [3.63, 3.8) is 0 Å². The fourth-order valence-corrected chi connectivity index (χ4v) is 5.25. The summed E-state index contributed by atoms with van der Waals surface area (Å²) < 4.78 is 50.8. The molecule has 3 atom stereocenters. The number of piperidine rings is 1. The number of nitrogens with zero attached hydrogens (tertiary/aromatic N) is 4. The molecule has 0 aliphatic carbocycles. The molecule has 4 heterocycles. The Balaban J connectivity index is 1.39. The number of amides is 1. The second kappa shape index (κ2) is 12.8. The molecule has 0 spiro atoms. The molecule has 2 aliphatic heterocycles. The van der Waals surface area contributed by atoms with Crippen molar-refractivity contribution in [2.45, 2.75) is 50.7 Å². The van der Waals surface area contributed by atoms with Crippen LogP contribution in [0, 0.1) is 11.3 Å². The van der Waals surface area contributed by atoms with Gasteiger partial charge in [-0.25, -0.2) is 9.97 Å². The van der Waals surface area contributed by atoms with Crippen LogP contribution in [0.25, 0.3) is 11.3 Å². The van der Waals surface area contributed by atoms with Crippen LogP contribution in [0.4, 0.5) is 18.9 Å². The third-order valence-electron chi connectivity index (χ3n) is 7.37. The maximum absolute atomic E-state index is 13.5. The lowest BCUT2D eigenvalue weighted by molar-refractivity contribution is -0.137. The van der Waals surface area contributed by atoms with Crippen molar-refractivity contribution in [1.82, 2.24) is 20.6 Å². The number of benzene rings is 1. The van der Waals surface area contributed by atoms with Crippen LogP contribution in [-0.4, -0.2) is 65.6 Å². The largest absolute Gasteiger partial charge is 0.489 e. The molecular formula is C30H31F3N6O4. The highest BCUT2D eigenvalue weighted by molar-refractivity contribution is 5.99. The molecule has 0 radical (unpaired) electrons. The van der Waals surface area contributed by atoms with Gasteiger partial charge in [0.15, 0.2) is 5.69 Å². The number of nitrogens with one attached hydrogen (secondary N) is 2. The number of carbonyl (C=O) groups is 1. The Bertz CT molecular complexity index is 1510. The minimum absolute atomic E-state index is 0.0129. The molecule has 0 unspecified atom stereocenters. The highest BCUT2D eigenvalue weighted by atomic mass is 19.4. The SMILES string of the molecule is CCOc1ncccc1-c1ccc(N2CC[C@@H](Oc3ccc(C(F)(F)F)cc3C#N)C[C@H]2O)c(C(=O)N[C@@H]2CCNC2)n1. The smallest absolute Gasteiger partial charge is 0.416 e. The number of carbonyl (C=O) groups excluding carboxylic acids is 1. The molecule has 1 aromatic carbocycles. The van der Waals surface area contributed by atoms with Gasteiger partial charge in [-0.15, -0.1) is 0 Å². The number of pyridine rings is 2. The zero-order chi connectivity index (χ0) is 30.6. The van der Waals surface area contributed by atoms with Crippen LogP contribution in [0.5, 0.6) is 11.6 Å². The van der Waals surface area contributed by atoms with Gasteiger partial charge in [0.2, 0.25) is 5.88 Å². The van der Waals surface area contributed by atoms with E-state index in [0.29, 0.717) is 42.4 Å². The van der Waals surface area contributed by atoms with Crippen molar-refractivity contribution in [1.29, 1.82) is 5.26 Å². The molecule has 43 heavy (non-hydrogen) atoms. The summed E-state index contributed by atoms with van der Waals surface area (Å²) in [6.07, 6.45) is -3.42. The predicted molar refractivity (Wildman–Crippen MR) is 151 cm³/mol. The van der Waals surface area contributed by atoms with Crippen LogP contribution in [-0.2, 0) is 6.18 Å². The molecule has 13 heteroatoms. The molecular weight excluding hydrogens is 565 g/mol. The number of hydrogen-bond donors (Lipinski definition) is 3. The first-order valence-electron chi connectivity index (χ1n) is 14.0. The van der Waals surface area contributed by atoms with Gasteiger partial charge in [-0.1, -0.05) is 0 Å². The summed E-state index contributed by atoms with van der Waals surface area (Å²) in [5, 5.41) is 26.8. The molecule has 0 bridgehead atoms. The van der Waals surface area contributed by atoms with Crippen LogP contribution in [0.2, 0.25) is 0 Å². The highest BCUT2D eigenvalue weighted by Crippen LogP contribution is 2.35. The van der Waals surface area contributed by atoms with Gasteiger partial charge in [-0.2, -0.15) is 18.4 Å². The summed E-state index contributed by atoms with van der Waals surface area (Å²) in [4.78, 5) is 24.2. The van der Waals surface area contributed by atoms with Gasteiger partial charge < -0.3 is 30.1 Å². The number of alkyl halides is 3. The van der Waals surface area contributed by atoms with E-state index in [4.69, 9.17) is 14.5 Å². The lowest BCUT2D eigenvalue weighted by Crippen LogP contribution is -2.47. The fraction of sp³-hybridized carbons (Fsp3) is 0.400. The lowest BCUT2D eigenvalue weighted by atomic mass is 10.0. The Morgan fingerprint density at radius 1 is 1.26 bits per heavy atom. The van der Waals surface area contributed by atoms with Crippen molar-refractivity contribution in [3.05, 3.63) is 65.5 Å². The fourth-order valence-electron chi connectivity index (χ4n) is 5.25. The van der Waals surface area contributed by atoms with E-state index in [1.807, 2.05) is 6.92 Å². The Hall–Kier alpha value is -4.41. The summed E-state index contributed by atoms with van der Waals surface area (Å²) in [5.74, 6) is 0.00924. The minimum atomic E-state index is -4.59. The zero-order valence-corrected chi connectivity index (χ0v) is 23.4. The summed E-state index contributed by atoms with van der Waals surface area (Å²) >= 11 is 0. The topological polar surface area (TPSA) is 133 Å². The molecule has 1 amide bonds. The van der Waals surface area contributed by atoms with Gasteiger partial charge in [-0.05, 0) is 62.4 Å². The number of aliphatic hydroxyl groups is 1. The Morgan fingerprint density at radius 2 is 2.09 bits per heavy atom. The first-order valence-corrected chi connectivity index (χ1v) is 14.0. The Kier molecular flexibility index (Phi) is 8.98. The van der Waals surface area contributed by atoms with Crippen LogP contribution in [0.1, 0.15) is 47.8 Å². The first-order chi connectivity index (χ1) is 20.7. The third kappa shape index (κ3) is 6.81. The zero-order valence-electron chi connectivity index (χ0n) is 23.4. The molecule has 2 aromatic heterocycles. The van der Waals surface area contributed by atoms with E-state index in [2.05, 4.69) is 15.6 Å². The van der Waals surface area contributed by atoms with Crippen molar-refractivity contribution >= 4 is 11.6 Å².